The second kappa shape index (κ2) is 5.05. The van der Waals surface area contributed by atoms with Gasteiger partial charge in [-0.3, -0.25) is 4.79 Å². The topological polar surface area (TPSA) is 72.1 Å². The van der Waals surface area contributed by atoms with Crippen molar-refractivity contribution in [3.05, 3.63) is 39.2 Å². The Kier molecular flexibility index (Phi) is 3.14. The molecule has 1 fully saturated rings. The Morgan fingerprint density at radius 1 is 1.41 bits per heavy atom. The molecule has 5 nitrogen and oxygen atoms in total. The molecular weight excluding hydrogens is 296 g/mol. The minimum Gasteiger partial charge on any atom is -0.382 e. The van der Waals surface area contributed by atoms with Gasteiger partial charge in [-0.15, -0.1) is 16.4 Å². The summed E-state index contributed by atoms with van der Waals surface area (Å²) in [6.07, 6.45) is 1.75. The number of hydrogen-bond donors (Lipinski definition) is 1. The maximum absolute atomic E-state index is 12.7. The van der Waals surface area contributed by atoms with Crippen molar-refractivity contribution in [1.29, 1.82) is 0 Å². The summed E-state index contributed by atoms with van der Waals surface area (Å²) in [5.41, 5.74) is 7.71. The standard InChI is InChI=1S/C16H18N4OS/c1-9-2-3-14(22-9)11-7-12(11)16(21)20-5-4-13-10(8-20)6-15(17)19-18-13/h2-3,6,11-12H,4-5,7-8H2,1H3,(H2,17,19)/t11-,12-/m1/s1. The first kappa shape index (κ1) is 13.7. The van der Waals surface area contributed by atoms with Gasteiger partial charge in [0.25, 0.3) is 0 Å². The van der Waals surface area contributed by atoms with Crippen LogP contribution in [0.2, 0.25) is 0 Å². The Morgan fingerprint density at radius 2 is 2.27 bits per heavy atom. The number of carbonyl (C=O) groups is 1. The van der Waals surface area contributed by atoms with E-state index in [1.165, 1.54) is 9.75 Å². The number of thiophene rings is 1. The molecular formula is C16H18N4OS. The molecule has 114 valence electrons. The average molecular weight is 314 g/mol. The third-order valence-electron chi connectivity index (χ3n) is 4.50. The minimum absolute atomic E-state index is 0.159. The zero-order valence-electron chi connectivity index (χ0n) is 12.5. The number of nitrogen functional groups attached to an aromatic ring is 1. The number of amides is 1. The Morgan fingerprint density at radius 3 is 3.05 bits per heavy atom. The predicted octanol–water partition coefficient (Wildman–Crippen LogP) is 2.12. The number of fused-ring (bicyclic) bond motifs is 1. The van der Waals surface area contributed by atoms with Gasteiger partial charge in [0.05, 0.1) is 5.69 Å². The van der Waals surface area contributed by atoms with Crippen molar-refractivity contribution in [2.75, 3.05) is 12.3 Å². The quantitative estimate of drug-likeness (QED) is 0.921. The Balaban J connectivity index is 1.46. The first-order valence-electron chi connectivity index (χ1n) is 7.58. The number of hydrogen-bond acceptors (Lipinski definition) is 5. The molecule has 1 amide bonds. The molecule has 0 aromatic carbocycles. The summed E-state index contributed by atoms with van der Waals surface area (Å²) in [4.78, 5) is 17.3. The van der Waals surface area contributed by atoms with Crippen molar-refractivity contribution in [3.63, 3.8) is 0 Å². The van der Waals surface area contributed by atoms with Crippen LogP contribution in [-0.4, -0.2) is 27.5 Å². The molecule has 2 atom stereocenters. The van der Waals surface area contributed by atoms with Gasteiger partial charge in [-0.2, -0.15) is 5.10 Å². The van der Waals surface area contributed by atoms with E-state index >= 15 is 0 Å². The molecule has 1 aliphatic carbocycles. The molecule has 0 saturated heterocycles. The Bertz CT molecular complexity index is 741. The van der Waals surface area contributed by atoms with Gasteiger partial charge >= 0.3 is 0 Å². The van der Waals surface area contributed by atoms with Gasteiger partial charge < -0.3 is 10.6 Å². The third kappa shape index (κ3) is 2.37. The smallest absolute Gasteiger partial charge is 0.226 e. The lowest BCUT2D eigenvalue weighted by molar-refractivity contribution is -0.133. The van der Waals surface area contributed by atoms with E-state index in [0.717, 1.165) is 30.6 Å². The van der Waals surface area contributed by atoms with Gasteiger partial charge in [-0.25, -0.2) is 0 Å². The first-order chi connectivity index (χ1) is 10.6. The highest BCUT2D eigenvalue weighted by molar-refractivity contribution is 7.12. The van der Waals surface area contributed by atoms with Gasteiger partial charge in [0.15, 0.2) is 0 Å². The number of carbonyl (C=O) groups excluding carboxylic acids is 1. The van der Waals surface area contributed by atoms with Crippen LogP contribution in [-0.2, 0) is 17.8 Å². The van der Waals surface area contributed by atoms with Crippen LogP contribution < -0.4 is 5.73 Å². The van der Waals surface area contributed by atoms with E-state index in [1.807, 2.05) is 22.3 Å². The highest BCUT2D eigenvalue weighted by Crippen LogP contribution is 2.50. The van der Waals surface area contributed by atoms with E-state index < -0.39 is 0 Å². The fourth-order valence-corrected chi connectivity index (χ4v) is 4.26. The summed E-state index contributed by atoms with van der Waals surface area (Å²) in [6.45, 7) is 3.46. The monoisotopic (exact) mass is 314 g/mol. The van der Waals surface area contributed by atoms with Crippen LogP contribution in [0.15, 0.2) is 18.2 Å². The predicted molar refractivity (Wildman–Crippen MR) is 85.5 cm³/mol. The van der Waals surface area contributed by atoms with Crippen molar-refractivity contribution in [1.82, 2.24) is 15.1 Å². The van der Waals surface area contributed by atoms with Crippen molar-refractivity contribution in [2.24, 2.45) is 5.92 Å². The molecule has 2 aromatic rings. The van der Waals surface area contributed by atoms with Gasteiger partial charge in [0.2, 0.25) is 5.91 Å². The van der Waals surface area contributed by atoms with Gasteiger partial charge in [0, 0.05) is 41.1 Å². The Labute approximate surface area is 133 Å². The molecule has 0 unspecified atom stereocenters. The number of aromatic nitrogens is 2. The Hall–Kier alpha value is -1.95. The summed E-state index contributed by atoms with van der Waals surface area (Å²) in [5.74, 6) is 1.28. The fourth-order valence-electron chi connectivity index (χ4n) is 3.20. The van der Waals surface area contributed by atoms with Crippen LogP contribution in [0.25, 0.3) is 0 Å². The normalized spacial score (nSPS) is 23.2. The lowest BCUT2D eigenvalue weighted by Crippen LogP contribution is -2.37. The van der Waals surface area contributed by atoms with Crippen LogP contribution >= 0.6 is 11.3 Å². The largest absolute Gasteiger partial charge is 0.382 e. The average Bonchev–Trinajstić information content (AvgIpc) is 3.20. The molecule has 3 heterocycles. The van der Waals surface area contributed by atoms with E-state index in [9.17, 15) is 4.79 Å². The number of aryl methyl sites for hydroxylation is 1. The van der Waals surface area contributed by atoms with Gasteiger partial charge in [0.1, 0.15) is 5.82 Å². The van der Waals surface area contributed by atoms with Crippen molar-refractivity contribution in [3.8, 4) is 0 Å². The SMILES string of the molecule is Cc1ccc([C@@H]2C[C@H]2C(=O)N2CCc3nnc(N)cc3C2)s1. The van der Waals surface area contributed by atoms with Crippen LogP contribution in [0.3, 0.4) is 0 Å². The summed E-state index contributed by atoms with van der Waals surface area (Å²) in [5, 5.41) is 8.02. The van der Waals surface area contributed by atoms with Gasteiger partial charge in [-0.05, 0) is 37.1 Å². The minimum atomic E-state index is 0.159. The molecule has 6 heteroatoms. The molecule has 0 radical (unpaired) electrons. The lowest BCUT2D eigenvalue weighted by Gasteiger charge is -2.28. The van der Waals surface area contributed by atoms with Crippen LogP contribution in [0.5, 0.6) is 0 Å². The van der Waals surface area contributed by atoms with E-state index in [-0.39, 0.29) is 11.8 Å². The third-order valence-corrected chi connectivity index (χ3v) is 5.64. The maximum atomic E-state index is 12.7. The van der Waals surface area contributed by atoms with Gasteiger partial charge in [-0.1, -0.05) is 0 Å². The molecule has 0 bridgehead atoms. The van der Waals surface area contributed by atoms with Crippen molar-refractivity contribution < 1.29 is 4.79 Å². The molecule has 1 saturated carbocycles. The molecule has 2 aliphatic rings. The number of nitrogens with two attached hydrogens (primary N) is 1. The summed E-state index contributed by atoms with van der Waals surface area (Å²) < 4.78 is 0. The summed E-state index contributed by atoms with van der Waals surface area (Å²) in [6, 6.07) is 6.15. The van der Waals surface area contributed by atoms with Crippen molar-refractivity contribution in [2.45, 2.75) is 32.2 Å². The lowest BCUT2D eigenvalue weighted by atomic mass is 10.1. The second-order valence-corrected chi connectivity index (χ2v) is 7.47. The highest BCUT2D eigenvalue weighted by atomic mass is 32.1. The molecule has 0 spiro atoms. The maximum Gasteiger partial charge on any atom is 0.226 e. The number of nitrogens with zero attached hydrogens (tertiary/aromatic N) is 3. The van der Waals surface area contributed by atoms with Crippen molar-refractivity contribution >= 4 is 23.1 Å². The summed E-state index contributed by atoms with van der Waals surface area (Å²) >= 11 is 1.81. The van der Waals surface area contributed by atoms with E-state index in [1.54, 1.807) is 0 Å². The second-order valence-electron chi connectivity index (χ2n) is 6.15. The zero-order chi connectivity index (χ0) is 15.3. The van der Waals surface area contributed by atoms with E-state index in [2.05, 4.69) is 29.3 Å². The molecule has 2 aromatic heterocycles. The van der Waals surface area contributed by atoms with E-state index in [4.69, 9.17) is 5.73 Å². The van der Waals surface area contributed by atoms with Crippen LogP contribution in [0.1, 0.15) is 33.4 Å². The number of rotatable bonds is 2. The first-order valence-corrected chi connectivity index (χ1v) is 8.39. The molecule has 22 heavy (non-hydrogen) atoms. The number of anilines is 1. The molecule has 1 aliphatic heterocycles. The van der Waals surface area contributed by atoms with Crippen LogP contribution in [0.4, 0.5) is 5.82 Å². The highest BCUT2D eigenvalue weighted by Gasteiger charge is 2.46. The molecule has 4 rings (SSSR count). The molecule has 2 N–H and O–H groups in total. The van der Waals surface area contributed by atoms with E-state index in [0.29, 0.717) is 18.3 Å². The van der Waals surface area contributed by atoms with Crippen LogP contribution in [0, 0.1) is 12.8 Å². The fraction of sp³-hybridized carbons (Fsp3) is 0.438. The zero-order valence-corrected chi connectivity index (χ0v) is 13.3. The summed E-state index contributed by atoms with van der Waals surface area (Å²) in [7, 11) is 0.